The summed E-state index contributed by atoms with van der Waals surface area (Å²) >= 11 is 0.245. The molecular formula is C36H34F3N2O5S+. The van der Waals surface area contributed by atoms with Gasteiger partial charge in [-0.15, -0.1) is 11.8 Å². The standard InChI is InChI=1S/C36H33F3N2O5S/c1-16-13-35(3,4)40(7)22-11-24-20(9-18(16)22)27(21-10-19-17(2)14-36(5,6)41(8)23(19)12-25(21)46-24)28-29(34(44)45)30(37)32(39)33(31(28)38)47-15-26(42)43/h9-14H,15H2,1-8H3,(H-,42,43,44,45)/p+1. The van der Waals surface area contributed by atoms with Gasteiger partial charge in [0.15, 0.2) is 17.2 Å². The first-order chi connectivity index (χ1) is 21.9. The van der Waals surface area contributed by atoms with Gasteiger partial charge >= 0.3 is 11.9 Å². The summed E-state index contributed by atoms with van der Waals surface area (Å²) in [5.74, 6) is -8.40. The maximum absolute atomic E-state index is 16.7. The number of hydrogen-bond donors (Lipinski definition) is 2. The van der Waals surface area contributed by atoms with Crippen molar-refractivity contribution < 1.29 is 37.7 Å². The molecule has 0 radical (unpaired) electrons. The van der Waals surface area contributed by atoms with Crippen LogP contribution in [0.3, 0.4) is 0 Å². The van der Waals surface area contributed by atoms with Crippen LogP contribution in [0.1, 0.15) is 74.2 Å². The Labute approximate surface area is 274 Å². The van der Waals surface area contributed by atoms with Crippen LogP contribution in [0.2, 0.25) is 0 Å². The summed E-state index contributed by atoms with van der Waals surface area (Å²) in [6, 6.07) is 7.10. The lowest BCUT2D eigenvalue weighted by Gasteiger charge is -2.41. The lowest BCUT2D eigenvalue weighted by molar-refractivity contribution is -0.133. The van der Waals surface area contributed by atoms with Crippen molar-refractivity contribution in [2.45, 2.75) is 57.5 Å². The van der Waals surface area contributed by atoms with Gasteiger partial charge < -0.3 is 19.8 Å². The maximum Gasteiger partial charge on any atom is 0.339 e. The molecule has 0 fully saturated rings. The smallest absolute Gasteiger partial charge is 0.339 e. The highest BCUT2D eigenvalue weighted by atomic mass is 32.2. The first-order valence-corrected chi connectivity index (χ1v) is 15.9. The van der Waals surface area contributed by atoms with E-state index in [1.807, 2.05) is 27.9 Å². The number of aromatic carboxylic acids is 1. The van der Waals surface area contributed by atoms with E-state index in [2.05, 4.69) is 49.3 Å². The number of nitrogens with zero attached hydrogens (tertiary/aromatic N) is 2. The molecular weight excluding hydrogens is 629 g/mol. The van der Waals surface area contributed by atoms with E-state index in [0.29, 0.717) is 0 Å². The molecule has 244 valence electrons. The van der Waals surface area contributed by atoms with Crippen LogP contribution in [0.25, 0.3) is 16.7 Å². The van der Waals surface area contributed by atoms with Gasteiger partial charge in [-0.2, -0.15) is 0 Å². The fraction of sp³-hybridized carbons (Fsp3) is 0.306. The fourth-order valence-corrected chi connectivity index (χ4v) is 7.50. The second kappa shape index (κ2) is 10.8. The topological polar surface area (TPSA) is 90.1 Å². The van der Waals surface area contributed by atoms with Gasteiger partial charge in [-0.05, 0) is 57.0 Å². The van der Waals surface area contributed by atoms with E-state index in [9.17, 15) is 19.8 Å². The average Bonchev–Trinajstić information content (AvgIpc) is 2.97. The van der Waals surface area contributed by atoms with Crippen LogP contribution in [0.5, 0.6) is 11.5 Å². The molecule has 0 aliphatic carbocycles. The molecule has 0 unspecified atom stereocenters. The zero-order valence-electron chi connectivity index (χ0n) is 27.2. The SMILES string of the molecule is CC1=CC(C)(C)N(C)c2cc3c(cc21)C(c1c(F)c(SCC(=O)O)c(F)c(F)c1C(=O)O)=c1cc2c(cc1O3)=[N+](C)C(C)(C)C=C2C. The molecule has 3 aromatic carbocycles. The van der Waals surface area contributed by atoms with Crippen molar-refractivity contribution in [3.8, 4) is 11.5 Å². The maximum atomic E-state index is 16.7. The fourth-order valence-electron chi connectivity index (χ4n) is 6.78. The van der Waals surface area contributed by atoms with Crippen molar-refractivity contribution in [3.05, 3.63) is 92.3 Å². The Bertz CT molecular complexity index is 2170. The number of allylic oxidation sites excluding steroid dienone is 2. The number of carboxylic acid groups (broad SMARTS) is 2. The molecule has 3 aliphatic heterocycles. The highest BCUT2D eigenvalue weighted by Gasteiger charge is 2.38. The van der Waals surface area contributed by atoms with E-state index in [1.54, 1.807) is 24.3 Å². The number of rotatable bonds is 5. The number of ether oxygens (including phenoxy) is 1. The van der Waals surface area contributed by atoms with Crippen LogP contribution >= 0.6 is 11.8 Å². The van der Waals surface area contributed by atoms with Gasteiger partial charge in [0.1, 0.15) is 29.9 Å². The molecule has 0 saturated carbocycles. The Balaban J connectivity index is 1.83. The van der Waals surface area contributed by atoms with Crippen molar-refractivity contribution >= 4 is 46.1 Å². The van der Waals surface area contributed by atoms with Crippen molar-refractivity contribution in [1.29, 1.82) is 0 Å². The Kier molecular flexibility index (Phi) is 7.43. The number of fused-ring (bicyclic) bond motifs is 4. The van der Waals surface area contributed by atoms with E-state index in [4.69, 9.17) is 4.74 Å². The lowest BCUT2D eigenvalue weighted by Crippen LogP contribution is -2.47. The van der Waals surface area contributed by atoms with Crippen LogP contribution in [0.4, 0.5) is 18.9 Å². The molecule has 7 nitrogen and oxygen atoms in total. The summed E-state index contributed by atoms with van der Waals surface area (Å²) in [4.78, 5) is 25.1. The third-order valence-electron chi connectivity index (χ3n) is 9.48. The van der Waals surface area contributed by atoms with Crippen molar-refractivity contribution in [2.75, 3.05) is 24.7 Å². The molecule has 0 spiro atoms. The Morgan fingerprint density at radius 1 is 0.894 bits per heavy atom. The predicted molar refractivity (Wildman–Crippen MR) is 176 cm³/mol. The van der Waals surface area contributed by atoms with Crippen LogP contribution < -0.4 is 24.8 Å². The third kappa shape index (κ3) is 4.94. The summed E-state index contributed by atoms with van der Waals surface area (Å²) in [5, 5.41) is 20.6. The number of thioether (sulfide) groups is 1. The highest BCUT2D eigenvalue weighted by molar-refractivity contribution is 8.00. The van der Waals surface area contributed by atoms with E-state index >= 15 is 13.2 Å². The summed E-state index contributed by atoms with van der Waals surface area (Å²) < 4.78 is 56.4. The molecule has 0 saturated heterocycles. The van der Waals surface area contributed by atoms with Gasteiger partial charge in [0.25, 0.3) is 0 Å². The van der Waals surface area contributed by atoms with Gasteiger partial charge in [0.2, 0.25) is 5.36 Å². The molecule has 0 amide bonds. The van der Waals surface area contributed by atoms with Crippen molar-refractivity contribution in [3.63, 3.8) is 0 Å². The zero-order valence-corrected chi connectivity index (χ0v) is 28.0. The van der Waals surface area contributed by atoms with E-state index in [1.165, 1.54) is 0 Å². The molecule has 0 aromatic heterocycles. The van der Waals surface area contributed by atoms with Crippen LogP contribution in [-0.2, 0) is 4.79 Å². The lowest BCUT2D eigenvalue weighted by atomic mass is 9.83. The number of carbonyl (C=O) groups is 2. The monoisotopic (exact) mass is 663 g/mol. The summed E-state index contributed by atoms with van der Waals surface area (Å²) in [7, 11) is 3.86. The van der Waals surface area contributed by atoms with Gasteiger partial charge in [-0.3, -0.25) is 4.79 Å². The van der Waals surface area contributed by atoms with Gasteiger partial charge in [0, 0.05) is 65.7 Å². The van der Waals surface area contributed by atoms with Gasteiger partial charge in [0.05, 0.1) is 22.3 Å². The summed E-state index contributed by atoms with van der Waals surface area (Å²) in [6.45, 7) is 12.1. The molecule has 47 heavy (non-hydrogen) atoms. The minimum absolute atomic E-state index is 0.00148. The predicted octanol–water partition coefficient (Wildman–Crippen LogP) is 6.28. The molecule has 0 atom stereocenters. The number of benzene rings is 3. The summed E-state index contributed by atoms with van der Waals surface area (Å²) in [6.07, 6.45) is 4.14. The van der Waals surface area contributed by atoms with E-state index in [0.717, 1.165) is 33.3 Å². The van der Waals surface area contributed by atoms with Crippen molar-refractivity contribution in [1.82, 2.24) is 4.58 Å². The Morgan fingerprint density at radius 3 is 2.19 bits per heavy atom. The molecule has 3 aliphatic rings. The van der Waals surface area contributed by atoms with E-state index in [-0.39, 0.29) is 50.7 Å². The van der Waals surface area contributed by atoms with E-state index < -0.39 is 51.2 Å². The largest absolute Gasteiger partial charge is 0.481 e. The van der Waals surface area contributed by atoms with Crippen molar-refractivity contribution in [2.24, 2.45) is 0 Å². The van der Waals surface area contributed by atoms with Crippen LogP contribution in [0, 0.1) is 17.5 Å². The Hall–Kier alpha value is -4.51. The third-order valence-corrected chi connectivity index (χ3v) is 10.5. The molecule has 3 aromatic rings. The normalized spacial score (nSPS) is 17.1. The molecule has 6 rings (SSSR count). The van der Waals surface area contributed by atoms with Gasteiger partial charge in [-0.1, -0.05) is 6.08 Å². The Morgan fingerprint density at radius 2 is 1.55 bits per heavy atom. The molecule has 11 heteroatoms. The molecule has 0 bridgehead atoms. The van der Waals surface area contributed by atoms with Crippen LogP contribution in [0.15, 0.2) is 41.3 Å². The number of anilines is 1. The molecule has 3 heterocycles. The number of carboxylic acids is 2. The zero-order chi connectivity index (χ0) is 34.5. The number of halogens is 3. The van der Waals surface area contributed by atoms with Crippen LogP contribution in [-0.4, -0.2) is 53.1 Å². The average molecular weight is 664 g/mol. The minimum Gasteiger partial charge on any atom is -0.481 e. The quantitative estimate of drug-likeness (QED) is 0.148. The second-order valence-corrected chi connectivity index (χ2v) is 14.3. The van der Waals surface area contributed by atoms with Gasteiger partial charge in [-0.25, -0.2) is 22.5 Å². The number of hydrogen-bond acceptors (Lipinski definition) is 5. The highest BCUT2D eigenvalue weighted by Crippen LogP contribution is 2.47. The number of aliphatic carboxylic acids is 1. The molecule has 2 N–H and O–H groups in total. The number of likely N-dealkylation sites (N-methyl/N-ethyl adjacent to an activating group) is 2. The first-order valence-electron chi connectivity index (χ1n) is 14.9. The first kappa shape index (κ1) is 32.4. The minimum atomic E-state index is -1.88. The second-order valence-electron chi connectivity index (χ2n) is 13.3. The summed E-state index contributed by atoms with van der Waals surface area (Å²) in [5.41, 5.74) is 1.85.